The number of benzene rings is 1. The molecule has 1 aromatic carbocycles. The Morgan fingerprint density at radius 1 is 1.32 bits per heavy atom. The van der Waals surface area contributed by atoms with Crippen LogP contribution in [0.15, 0.2) is 29.2 Å². The zero-order chi connectivity index (χ0) is 16.7. The van der Waals surface area contributed by atoms with Crippen LogP contribution >= 0.6 is 0 Å². The van der Waals surface area contributed by atoms with E-state index < -0.39 is 10.8 Å². The second kappa shape index (κ2) is 8.90. The first-order valence-electron chi connectivity index (χ1n) is 7.44. The first kappa shape index (κ1) is 18.6. The van der Waals surface area contributed by atoms with Crippen LogP contribution in [0, 0.1) is 0 Å². The number of hydrogen-bond donors (Lipinski definition) is 2. The smallest absolute Gasteiger partial charge is 0.317 e. The Bertz CT molecular complexity index is 505. The van der Waals surface area contributed by atoms with Crippen molar-refractivity contribution in [2.24, 2.45) is 0 Å². The van der Waals surface area contributed by atoms with Gasteiger partial charge >= 0.3 is 6.03 Å². The number of rotatable bonds is 7. The Morgan fingerprint density at radius 2 is 1.91 bits per heavy atom. The van der Waals surface area contributed by atoms with Gasteiger partial charge in [-0.1, -0.05) is 12.1 Å². The molecule has 0 bridgehead atoms. The summed E-state index contributed by atoms with van der Waals surface area (Å²) in [4.78, 5) is 14.6. The molecule has 124 valence electrons. The van der Waals surface area contributed by atoms with Crippen molar-refractivity contribution in [3.63, 3.8) is 0 Å². The van der Waals surface area contributed by atoms with Crippen LogP contribution in [-0.4, -0.2) is 46.2 Å². The van der Waals surface area contributed by atoms with Gasteiger partial charge in [0.25, 0.3) is 0 Å². The number of nitrogens with zero attached hydrogens (tertiary/aromatic N) is 1. The summed E-state index contributed by atoms with van der Waals surface area (Å²) in [7, 11) is 0.760. The third-order valence-electron chi connectivity index (χ3n) is 3.76. The van der Waals surface area contributed by atoms with Crippen LogP contribution in [0.25, 0.3) is 0 Å². The van der Waals surface area contributed by atoms with Gasteiger partial charge in [-0.25, -0.2) is 4.79 Å². The van der Waals surface area contributed by atoms with Crippen LogP contribution < -0.4 is 5.32 Å². The lowest BCUT2D eigenvalue weighted by Crippen LogP contribution is -2.43. The predicted octanol–water partition coefficient (Wildman–Crippen LogP) is 2.29. The number of nitrogens with one attached hydrogen (secondary N) is 1. The van der Waals surface area contributed by atoms with Crippen molar-refractivity contribution >= 4 is 16.8 Å². The quantitative estimate of drug-likeness (QED) is 0.808. The van der Waals surface area contributed by atoms with E-state index in [1.54, 1.807) is 18.2 Å². The van der Waals surface area contributed by atoms with Gasteiger partial charge in [-0.05, 0) is 44.4 Å². The van der Waals surface area contributed by atoms with E-state index in [0.717, 1.165) is 16.9 Å². The molecular formula is C16H26N2O3S. The zero-order valence-electron chi connectivity index (χ0n) is 13.7. The van der Waals surface area contributed by atoms with Crippen molar-refractivity contribution in [3.8, 4) is 0 Å². The SMILES string of the molecule is CC(CCCO)NC(=O)N(C)C(C)c1ccc(S(C)=O)cc1. The molecule has 0 aromatic heterocycles. The first-order chi connectivity index (χ1) is 10.4. The molecule has 6 heteroatoms. The summed E-state index contributed by atoms with van der Waals surface area (Å²) in [5.74, 6) is 0. The molecular weight excluding hydrogens is 300 g/mol. The molecule has 2 N–H and O–H groups in total. The lowest BCUT2D eigenvalue weighted by atomic mass is 10.1. The number of urea groups is 1. The van der Waals surface area contributed by atoms with E-state index in [1.165, 1.54) is 0 Å². The summed E-state index contributed by atoms with van der Waals surface area (Å²) in [6, 6.07) is 7.28. The van der Waals surface area contributed by atoms with Crippen LogP contribution in [0.4, 0.5) is 4.79 Å². The molecule has 0 spiro atoms. The number of carbonyl (C=O) groups is 1. The van der Waals surface area contributed by atoms with Gasteiger partial charge in [0, 0.05) is 41.6 Å². The van der Waals surface area contributed by atoms with Crippen molar-refractivity contribution < 1.29 is 14.1 Å². The molecule has 0 saturated heterocycles. The number of aliphatic hydroxyl groups excluding tert-OH is 1. The number of amides is 2. The van der Waals surface area contributed by atoms with Crippen molar-refractivity contribution in [2.75, 3.05) is 19.9 Å². The molecule has 3 unspecified atom stereocenters. The summed E-state index contributed by atoms with van der Waals surface area (Å²) in [5, 5.41) is 11.7. The Morgan fingerprint density at radius 3 is 2.41 bits per heavy atom. The van der Waals surface area contributed by atoms with Gasteiger partial charge < -0.3 is 15.3 Å². The van der Waals surface area contributed by atoms with Gasteiger partial charge in [-0.2, -0.15) is 0 Å². The normalized spacial score (nSPS) is 15.0. The van der Waals surface area contributed by atoms with Crippen LogP contribution in [0.3, 0.4) is 0 Å². The molecule has 5 nitrogen and oxygen atoms in total. The highest BCUT2D eigenvalue weighted by atomic mass is 32.2. The Balaban J connectivity index is 2.65. The minimum absolute atomic E-state index is 0.0270. The molecule has 0 heterocycles. The minimum Gasteiger partial charge on any atom is -0.396 e. The van der Waals surface area contributed by atoms with Crippen LogP contribution in [0.2, 0.25) is 0 Å². The fraction of sp³-hybridized carbons (Fsp3) is 0.562. The molecule has 0 aliphatic carbocycles. The molecule has 0 fully saturated rings. The standard InChI is InChI=1S/C16H26N2O3S/c1-12(6-5-11-19)17-16(20)18(3)13(2)14-7-9-15(10-8-14)22(4)21/h7-10,12-13,19H,5-6,11H2,1-4H3,(H,17,20). The predicted molar refractivity (Wildman–Crippen MR) is 89.3 cm³/mol. The first-order valence-corrected chi connectivity index (χ1v) is 9.00. The fourth-order valence-electron chi connectivity index (χ4n) is 2.12. The Hall–Kier alpha value is -1.40. The number of hydrogen-bond acceptors (Lipinski definition) is 3. The third kappa shape index (κ3) is 5.42. The molecule has 0 saturated carbocycles. The van der Waals surface area contributed by atoms with E-state index in [-0.39, 0.29) is 24.7 Å². The van der Waals surface area contributed by atoms with E-state index in [0.29, 0.717) is 6.42 Å². The molecule has 0 aliphatic rings. The zero-order valence-corrected chi connectivity index (χ0v) is 14.5. The van der Waals surface area contributed by atoms with Crippen LogP contribution in [-0.2, 0) is 10.8 Å². The summed E-state index contributed by atoms with van der Waals surface area (Å²) < 4.78 is 11.4. The van der Waals surface area contributed by atoms with Crippen molar-refractivity contribution in [3.05, 3.63) is 29.8 Å². The average Bonchev–Trinajstić information content (AvgIpc) is 2.51. The van der Waals surface area contributed by atoms with E-state index in [1.807, 2.05) is 38.1 Å². The highest BCUT2D eigenvalue weighted by Crippen LogP contribution is 2.20. The monoisotopic (exact) mass is 326 g/mol. The van der Waals surface area contributed by atoms with Gasteiger partial charge in [0.05, 0.1) is 6.04 Å². The van der Waals surface area contributed by atoms with Crippen LogP contribution in [0.1, 0.15) is 38.3 Å². The third-order valence-corrected chi connectivity index (χ3v) is 4.70. The van der Waals surface area contributed by atoms with Gasteiger partial charge in [-0.15, -0.1) is 0 Å². The maximum absolute atomic E-state index is 12.2. The van der Waals surface area contributed by atoms with Gasteiger partial charge in [0.15, 0.2) is 0 Å². The molecule has 2 amide bonds. The van der Waals surface area contributed by atoms with Crippen molar-refractivity contribution in [1.82, 2.24) is 10.2 Å². The topological polar surface area (TPSA) is 69.6 Å². The lowest BCUT2D eigenvalue weighted by Gasteiger charge is -2.27. The van der Waals surface area contributed by atoms with Crippen LogP contribution in [0.5, 0.6) is 0 Å². The summed E-state index contributed by atoms with van der Waals surface area (Å²) >= 11 is 0. The van der Waals surface area contributed by atoms with E-state index in [9.17, 15) is 9.00 Å². The number of aliphatic hydroxyl groups is 1. The Kier molecular flexibility index (Phi) is 7.55. The second-order valence-electron chi connectivity index (χ2n) is 5.53. The van der Waals surface area contributed by atoms with Gasteiger partial charge in [0.2, 0.25) is 0 Å². The fourth-order valence-corrected chi connectivity index (χ4v) is 2.64. The van der Waals surface area contributed by atoms with Gasteiger partial charge in [-0.3, -0.25) is 4.21 Å². The molecule has 1 aromatic rings. The molecule has 0 radical (unpaired) electrons. The maximum Gasteiger partial charge on any atom is 0.317 e. The lowest BCUT2D eigenvalue weighted by molar-refractivity contribution is 0.189. The summed E-state index contributed by atoms with van der Waals surface area (Å²) in [5.41, 5.74) is 0.995. The van der Waals surface area contributed by atoms with E-state index in [2.05, 4.69) is 5.32 Å². The minimum atomic E-state index is -0.994. The highest BCUT2D eigenvalue weighted by molar-refractivity contribution is 7.84. The maximum atomic E-state index is 12.2. The highest BCUT2D eigenvalue weighted by Gasteiger charge is 2.18. The summed E-state index contributed by atoms with van der Waals surface area (Å²) in [6.07, 6.45) is 3.07. The van der Waals surface area contributed by atoms with Gasteiger partial charge in [0.1, 0.15) is 0 Å². The Labute approximate surface area is 135 Å². The summed E-state index contributed by atoms with van der Waals surface area (Å²) in [6.45, 7) is 4.02. The largest absolute Gasteiger partial charge is 0.396 e. The van der Waals surface area contributed by atoms with Crippen molar-refractivity contribution in [1.29, 1.82) is 0 Å². The number of carbonyl (C=O) groups excluding carboxylic acids is 1. The second-order valence-corrected chi connectivity index (χ2v) is 6.91. The van der Waals surface area contributed by atoms with Crippen molar-refractivity contribution in [2.45, 2.75) is 43.7 Å². The van der Waals surface area contributed by atoms with E-state index >= 15 is 0 Å². The molecule has 1 rings (SSSR count). The molecule has 3 atom stereocenters. The average molecular weight is 326 g/mol. The van der Waals surface area contributed by atoms with E-state index in [4.69, 9.17) is 5.11 Å². The molecule has 0 aliphatic heterocycles. The molecule has 22 heavy (non-hydrogen) atoms.